The van der Waals surface area contributed by atoms with Crippen LogP contribution in [0.2, 0.25) is 10.0 Å². The van der Waals surface area contributed by atoms with Gasteiger partial charge in [0.25, 0.3) is 17.7 Å². The molecule has 38 heavy (non-hydrogen) atoms. The first-order valence-electron chi connectivity index (χ1n) is 11.7. The number of hydrogen-bond donors (Lipinski definition) is 4. The number of carbonyl (C=O) groups is 4. The Morgan fingerprint density at radius 1 is 1.03 bits per heavy atom. The van der Waals surface area contributed by atoms with Crippen LogP contribution in [-0.4, -0.2) is 57.9 Å². The van der Waals surface area contributed by atoms with E-state index in [2.05, 4.69) is 32.7 Å². The molecule has 2 heterocycles. The monoisotopic (exact) mass is 554 g/mol. The molecule has 10 nitrogen and oxygen atoms in total. The molecule has 196 valence electrons. The molecule has 1 aliphatic rings. The van der Waals surface area contributed by atoms with Gasteiger partial charge in [-0.1, -0.05) is 35.8 Å². The summed E-state index contributed by atoms with van der Waals surface area (Å²) in [6, 6.07) is 10.9. The van der Waals surface area contributed by atoms with Crippen LogP contribution in [0.1, 0.15) is 44.0 Å². The maximum Gasteiger partial charge on any atom is 0.271 e. The van der Waals surface area contributed by atoms with Crippen LogP contribution in [0.4, 0.5) is 11.4 Å². The average Bonchev–Trinajstić information content (AvgIpc) is 3.37. The van der Waals surface area contributed by atoms with E-state index in [1.165, 1.54) is 18.3 Å². The van der Waals surface area contributed by atoms with Crippen LogP contribution in [-0.2, 0) is 4.79 Å². The molecule has 1 atom stereocenters. The van der Waals surface area contributed by atoms with E-state index in [0.717, 1.165) is 6.08 Å². The van der Waals surface area contributed by atoms with Crippen LogP contribution >= 0.6 is 23.2 Å². The quantitative estimate of drug-likeness (QED) is 0.325. The number of H-pyrrole nitrogens is 1. The number of nitrogens with one attached hydrogen (secondary N) is 4. The van der Waals surface area contributed by atoms with Crippen molar-refractivity contribution in [1.82, 2.24) is 20.4 Å². The molecule has 0 spiro atoms. The highest BCUT2D eigenvalue weighted by Crippen LogP contribution is 2.26. The Bertz CT molecular complexity index is 1370. The fourth-order valence-electron chi connectivity index (χ4n) is 4.06. The molecule has 1 saturated heterocycles. The van der Waals surface area contributed by atoms with Crippen LogP contribution in [0.15, 0.2) is 61.3 Å². The molecule has 4 amide bonds. The van der Waals surface area contributed by atoms with Gasteiger partial charge < -0.3 is 20.9 Å². The van der Waals surface area contributed by atoms with Gasteiger partial charge in [0.1, 0.15) is 5.69 Å². The minimum Gasteiger partial charge on any atom is -0.346 e. The van der Waals surface area contributed by atoms with Gasteiger partial charge in [0.05, 0.1) is 27.5 Å². The van der Waals surface area contributed by atoms with Gasteiger partial charge in [-0.25, -0.2) is 0 Å². The number of halogens is 2. The van der Waals surface area contributed by atoms with Crippen LogP contribution < -0.4 is 16.0 Å². The van der Waals surface area contributed by atoms with E-state index in [-0.39, 0.29) is 44.8 Å². The number of benzene rings is 2. The van der Waals surface area contributed by atoms with Crippen molar-refractivity contribution in [3.8, 4) is 0 Å². The third kappa shape index (κ3) is 6.21. The first-order valence-corrected chi connectivity index (χ1v) is 12.4. The predicted octanol–water partition coefficient (Wildman–Crippen LogP) is 4.13. The fourth-order valence-corrected chi connectivity index (χ4v) is 4.63. The summed E-state index contributed by atoms with van der Waals surface area (Å²) in [5.41, 5.74) is 1.32. The van der Waals surface area contributed by atoms with E-state index < -0.39 is 11.8 Å². The van der Waals surface area contributed by atoms with Gasteiger partial charge in [-0.15, -0.1) is 0 Å². The number of likely N-dealkylation sites (tertiary alicyclic amines) is 1. The van der Waals surface area contributed by atoms with Crippen LogP contribution in [0.5, 0.6) is 0 Å². The minimum absolute atomic E-state index is 0.0575. The van der Waals surface area contributed by atoms with Crippen molar-refractivity contribution in [2.45, 2.75) is 18.9 Å². The SMILES string of the molecule is C=CC(=O)Nc1ccc(C(=O)N2CCC[C@@H](NC(=O)c3[nH]ncc3NC(=O)c3c(Cl)cccc3Cl)C2)cc1. The normalized spacial score (nSPS) is 14.9. The number of aromatic nitrogens is 2. The summed E-state index contributed by atoms with van der Waals surface area (Å²) in [4.78, 5) is 51.9. The number of piperidine rings is 1. The summed E-state index contributed by atoms with van der Waals surface area (Å²) in [7, 11) is 0. The van der Waals surface area contributed by atoms with Gasteiger partial charge in [-0.05, 0) is 55.3 Å². The molecule has 0 radical (unpaired) electrons. The molecule has 0 aliphatic carbocycles. The number of hydrogen-bond acceptors (Lipinski definition) is 5. The second-order valence-electron chi connectivity index (χ2n) is 8.54. The molecule has 0 bridgehead atoms. The second kappa shape index (κ2) is 11.9. The summed E-state index contributed by atoms with van der Waals surface area (Å²) < 4.78 is 0. The summed E-state index contributed by atoms with van der Waals surface area (Å²) in [5.74, 6) is -1.59. The lowest BCUT2D eigenvalue weighted by atomic mass is 10.0. The van der Waals surface area contributed by atoms with Crippen molar-refractivity contribution < 1.29 is 19.2 Å². The second-order valence-corrected chi connectivity index (χ2v) is 9.36. The van der Waals surface area contributed by atoms with Crippen molar-refractivity contribution >= 4 is 58.2 Å². The third-order valence-electron chi connectivity index (χ3n) is 5.93. The Balaban J connectivity index is 1.38. The van der Waals surface area contributed by atoms with Gasteiger partial charge >= 0.3 is 0 Å². The van der Waals surface area contributed by atoms with Crippen molar-refractivity contribution in [1.29, 1.82) is 0 Å². The standard InChI is InChI=1S/C26H24Cl2N6O4/c1-2-21(35)30-16-10-8-15(9-11-16)26(38)34-12-4-5-17(14-34)31-25(37)23-20(13-29-33-23)32-24(36)22-18(27)6-3-7-19(22)28/h2-3,6-11,13,17H,1,4-5,12,14H2,(H,29,33)(H,30,35)(H,31,37)(H,32,36)/t17-/m1/s1. The number of carbonyl (C=O) groups excluding carboxylic acids is 4. The molecule has 4 N–H and O–H groups in total. The smallest absolute Gasteiger partial charge is 0.271 e. The first kappa shape index (κ1) is 26.9. The highest BCUT2D eigenvalue weighted by molar-refractivity contribution is 6.40. The van der Waals surface area contributed by atoms with E-state index in [9.17, 15) is 19.2 Å². The number of nitrogens with zero attached hydrogens (tertiary/aromatic N) is 2. The van der Waals surface area contributed by atoms with E-state index in [4.69, 9.17) is 23.2 Å². The van der Waals surface area contributed by atoms with Crippen LogP contribution in [0.3, 0.4) is 0 Å². The lowest BCUT2D eigenvalue weighted by Crippen LogP contribution is -2.49. The van der Waals surface area contributed by atoms with Crippen molar-refractivity contribution in [3.63, 3.8) is 0 Å². The van der Waals surface area contributed by atoms with E-state index in [1.54, 1.807) is 35.2 Å². The van der Waals surface area contributed by atoms with Gasteiger partial charge in [0, 0.05) is 30.4 Å². The van der Waals surface area contributed by atoms with Gasteiger partial charge in [0.2, 0.25) is 5.91 Å². The van der Waals surface area contributed by atoms with Crippen molar-refractivity contribution in [2.24, 2.45) is 0 Å². The molecule has 12 heteroatoms. The summed E-state index contributed by atoms with van der Waals surface area (Å²) in [6.45, 7) is 4.26. The van der Waals surface area contributed by atoms with Gasteiger partial charge in [-0.2, -0.15) is 5.10 Å². The van der Waals surface area contributed by atoms with E-state index in [0.29, 0.717) is 37.2 Å². The molecule has 0 unspecified atom stereocenters. The number of rotatable bonds is 7. The molecule has 1 fully saturated rings. The largest absolute Gasteiger partial charge is 0.346 e. The zero-order valence-electron chi connectivity index (χ0n) is 20.1. The number of amides is 4. The van der Waals surface area contributed by atoms with Crippen molar-refractivity contribution in [3.05, 3.63) is 88.2 Å². The minimum atomic E-state index is -0.583. The molecular weight excluding hydrogens is 531 g/mol. The highest BCUT2D eigenvalue weighted by atomic mass is 35.5. The number of aromatic amines is 1. The molecule has 4 rings (SSSR count). The van der Waals surface area contributed by atoms with Gasteiger partial charge in [0.15, 0.2) is 0 Å². The molecule has 0 saturated carbocycles. The predicted molar refractivity (Wildman–Crippen MR) is 145 cm³/mol. The average molecular weight is 555 g/mol. The molecule has 1 aliphatic heterocycles. The summed E-state index contributed by atoms with van der Waals surface area (Å²) in [6.07, 6.45) is 3.85. The molecule has 1 aromatic heterocycles. The Labute approximate surface area is 228 Å². The Morgan fingerprint density at radius 3 is 2.42 bits per heavy atom. The zero-order chi connectivity index (χ0) is 27.2. The first-order chi connectivity index (χ1) is 18.3. The lowest BCUT2D eigenvalue weighted by Gasteiger charge is -2.33. The summed E-state index contributed by atoms with van der Waals surface area (Å²) >= 11 is 12.2. The van der Waals surface area contributed by atoms with Gasteiger partial charge in [-0.3, -0.25) is 24.3 Å². The topological polar surface area (TPSA) is 136 Å². The maximum atomic E-state index is 13.0. The van der Waals surface area contributed by atoms with E-state index >= 15 is 0 Å². The zero-order valence-corrected chi connectivity index (χ0v) is 21.6. The molecule has 3 aromatic rings. The lowest BCUT2D eigenvalue weighted by molar-refractivity contribution is -0.111. The Hall–Kier alpha value is -4.15. The Kier molecular flexibility index (Phi) is 8.45. The maximum absolute atomic E-state index is 13.0. The number of anilines is 2. The fraction of sp³-hybridized carbons (Fsp3) is 0.192. The molecular formula is C26H24Cl2N6O4. The highest BCUT2D eigenvalue weighted by Gasteiger charge is 2.27. The van der Waals surface area contributed by atoms with Crippen molar-refractivity contribution in [2.75, 3.05) is 23.7 Å². The van der Waals surface area contributed by atoms with Crippen LogP contribution in [0.25, 0.3) is 0 Å². The third-order valence-corrected chi connectivity index (χ3v) is 6.56. The Morgan fingerprint density at radius 2 is 1.74 bits per heavy atom. The van der Waals surface area contributed by atoms with Crippen LogP contribution in [0, 0.1) is 0 Å². The molecule has 2 aromatic carbocycles. The van der Waals surface area contributed by atoms with E-state index in [1.807, 2.05) is 0 Å². The summed E-state index contributed by atoms with van der Waals surface area (Å²) in [5, 5.41) is 15.0.